The van der Waals surface area contributed by atoms with E-state index in [0.29, 0.717) is 54.9 Å². The molecule has 2 fully saturated rings. The molecule has 1 unspecified atom stereocenters. The van der Waals surface area contributed by atoms with Crippen LogP contribution < -0.4 is 11.4 Å². The molecule has 1 saturated carbocycles. The van der Waals surface area contributed by atoms with Crippen molar-refractivity contribution in [3.05, 3.63) is 140 Å². The highest BCUT2D eigenvalue weighted by atomic mass is 16.5. The van der Waals surface area contributed by atoms with Crippen molar-refractivity contribution in [2.75, 3.05) is 13.2 Å². The highest BCUT2D eigenvalue weighted by molar-refractivity contribution is 5.99. The zero-order chi connectivity index (χ0) is 42.8. The van der Waals surface area contributed by atoms with Crippen LogP contribution in [-0.2, 0) is 30.3 Å². The van der Waals surface area contributed by atoms with Crippen molar-refractivity contribution in [2.24, 2.45) is 13.0 Å². The summed E-state index contributed by atoms with van der Waals surface area (Å²) >= 11 is 0. The van der Waals surface area contributed by atoms with Crippen LogP contribution in [0.4, 0.5) is 0 Å². The van der Waals surface area contributed by atoms with Gasteiger partial charge in [0.25, 0.3) is 5.91 Å². The number of aromatic nitrogens is 9. The summed E-state index contributed by atoms with van der Waals surface area (Å²) in [5.41, 5.74) is 7.60. The van der Waals surface area contributed by atoms with Crippen molar-refractivity contribution in [3.8, 4) is 17.2 Å². The summed E-state index contributed by atoms with van der Waals surface area (Å²) < 4.78 is 20.1. The Labute approximate surface area is 356 Å². The first-order valence-corrected chi connectivity index (χ1v) is 21.4. The molecule has 316 valence electrons. The van der Waals surface area contributed by atoms with Crippen molar-refractivity contribution in [1.29, 1.82) is 0 Å². The zero-order valence-corrected chi connectivity index (χ0v) is 35.7. The Morgan fingerprint density at radius 1 is 0.903 bits per heavy atom. The van der Waals surface area contributed by atoms with Gasteiger partial charge in [0.1, 0.15) is 17.1 Å². The van der Waals surface area contributed by atoms with Crippen LogP contribution in [0.3, 0.4) is 0 Å². The van der Waals surface area contributed by atoms with Crippen LogP contribution in [0.5, 0.6) is 0 Å². The molecule has 2 aliphatic heterocycles. The molecule has 3 aromatic carbocycles. The molecule has 11 rings (SSSR count). The van der Waals surface area contributed by atoms with E-state index in [4.69, 9.17) is 14.4 Å². The topological polar surface area (TPSA) is 156 Å². The first-order chi connectivity index (χ1) is 29.8. The van der Waals surface area contributed by atoms with E-state index in [0.717, 1.165) is 62.7 Å². The third kappa shape index (κ3) is 5.96. The predicted molar refractivity (Wildman–Crippen MR) is 233 cm³/mol. The summed E-state index contributed by atoms with van der Waals surface area (Å²) in [6.07, 6.45) is 8.31. The van der Waals surface area contributed by atoms with Gasteiger partial charge < -0.3 is 14.2 Å². The number of ether oxygens (including phenoxy) is 1. The standard InChI is InChI=1S/C47H48N10O5/c1-27-17-28(2)19-35(18-27)57-41(55-15-14-54(45(55)60)34-8-10-38-33(21-34)25-48-52(38)6)36-26-53(13-11-37(36)50-57)42(58)40-22-32-20-30(31-12-16-61-46(4,5)24-31)7-9-39(32)56(40)47(23-29(47)3)43-49-44(59)62-51-43/h7-10,14-15,17-22,25,29,31H,11-13,16,23-24,26H2,1-6H3,(H,49,51,59)/t29-,31?,47-/m0/s1. The van der Waals surface area contributed by atoms with E-state index in [2.05, 4.69) is 77.0 Å². The Hall–Kier alpha value is -6.74. The monoisotopic (exact) mass is 832 g/mol. The van der Waals surface area contributed by atoms with Crippen LogP contribution in [0.25, 0.3) is 39.0 Å². The number of nitrogens with one attached hydrogen (secondary N) is 1. The number of aryl methyl sites for hydroxylation is 3. The van der Waals surface area contributed by atoms with Crippen molar-refractivity contribution >= 4 is 27.7 Å². The Bertz CT molecular complexity index is 3220. The summed E-state index contributed by atoms with van der Waals surface area (Å²) in [6, 6.07) is 20.6. The van der Waals surface area contributed by atoms with Gasteiger partial charge in [-0.05, 0) is 124 Å². The van der Waals surface area contributed by atoms with E-state index >= 15 is 4.79 Å². The maximum atomic E-state index is 15.3. The summed E-state index contributed by atoms with van der Waals surface area (Å²) in [5.74, 6) is 0.574. The Kier molecular flexibility index (Phi) is 8.40. The van der Waals surface area contributed by atoms with E-state index < -0.39 is 11.3 Å². The molecule has 7 heterocycles. The molecular formula is C47H48N10O5. The average Bonchev–Trinajstić information content (AvgIpc) is 3.86. The molecule has 1 saturated heterocycles. The number of hydrogen-bond donors (Lipinski definition) is 1. The average molecular weight is 833 g/mol. The van der Waals surface area contributed by atoms with Crippen molar-refractivity contribution < 1.29 is 14.1 Å². The second-order valence-corrected chi connectivity index (χ2v) is 18.3. The smallest absolute Gasteiger partial charge is 0.376 e. The SMILES string of the molecule is Cc1cc(C)cc(-n2nc3c(c2-n2ccn(-c4ccc5c(cnn5C)c4)c2=O)CN(C(=O)c2cc4cc(C5CCOC(C)(C)C5)ccc4n2[C@@]2(c4noc(=O)[nH]4)C[C@@H]2C)CC3)c1. The third-order valence-corrected chi connectivity index (χ3v) is 13.5. The molecule has 1 aliphatic carbocycles. The quantitative estimate of drug-likeness (QED) is 0.188. The van der Waals surface area contributed by atoms with Gasteiger partial charge in [0.2, 0.25) is 0 Å². The fourth-order valence-electron chi connectivity index (χ4n) is 10.4. The lowest BCUT2D eigenvalue weighted by atomic mass is 9.83. The van der Waals surface area contributed by atoms with Gasteiger partial charge in [-0.3, -0.25) is 28.1 Å². The number of rotatable bonds is 7. The lowest BCUT2D eigenvalue weighted by molar-refractivity contribution is -0.0592. The largest absolute Gasteiger partial charge is 0.438 e. The molecule has 0 bridgehead atoms. The Morgan fingerprint density at radius 2 is 1.68 bits per heavy atom. The number of H-pyrrole nitrogens is 1. The molecule has 15 heteroatoms. The van der Waals surface area contributed by atoms with Gasteiger partial charge in [0.15, 0.2) is 5.82 Å². The van der Waals surface area contributed by atoms with Crippen molar-refractivity contribution in [3.63, 3.8) is 0 Å². The first-order valence-electron chi connectivity index (χ1n) is 21.4. The minimum atomic E-state index is -0.782. The number of nitrogens with zero attached hydrogens (tertiary/aromatic N) is 9. The number of amides is 1. The summed E-state index contributed by atoms with van der Waals surface area (Å²) in [7, 11) is 1.89. The predicted octanol–water partition coefficient (Wildman–Crippen LogP) is 6.60. The second-order valence-electron chi connectivity index (χ2n) is 18.3. The van der Waals surface area contributed by atoms with Crippen LogP contribution in [0.1, 0.15) is 90.2 Å². The molecule has 15 nitrogen and oxygen atoms in total. The van der Waals surface area contributed by atoms with E-state index in [1.54, 1.807) is 32.4 Å². The molecule has 62 heavy (non-hydrogen) atoms. The summed E-state index contributed by atoms with van der Waals surface area (Å²) in [4.78, 5) is 47.0. The minimum Gasteiger partial charge on any atom is -0.376 e. The van der Waals surface area contributed by atoms with Crippen LogP contribution in [0.15, 0.2) is 93.4 Å². The highest BCUT2D eigenvalue weighted by Gasteiger charge is 2.59. The second kappa shape index (κ2) is 13.6. The van der Waals surface area contributed by atoms with Crippen LogP contribution in [-0.4, -0.2) is 73.0 Å². The van der Waals surface area contributed by atoms with Crippen LogP contribution >= 0.6 is 0 Å². The molecule has 3 aliphatic rings. The summed E-state index contributed by atoms with van der Waals surface area (Å²) in [6.45, 7) is 11.8. The van der Waals surface area contributed by atoms with Gasteiger partial charge in [-0.25, -0.2) is 14.3 Å². The Balaban J connectivity index is 1.03. The van der Waals surface area contributed by atoms with Crippen LogP contribution in [0.2, 0.25) is 0 Å². The number of imidazole rings is 1. The van der Waals surface area contributed by atoms with Gasteiger partial charge in [-0.2, -0.15) is 10.2 Å². The number of carbonyl (C=O) groups is 1. The fourth-order valence-corrected chi connectivity index (χ4v) is 10.4. The first kappa shape index (κ1) is 38.2. The number of benzene rings is 3. The van der Waals surface area contributed by atoms with Crippen molar-refractivity contribution in [2.45, 2.75) is 83.9 Å². The number of aromatic amines is 1. The fraction of sp³-hybridized carbons (Fsp3) is 0.362. The molecule has 8 aromatic rings. The molecule has 0 spiro atoms. The Morgan fingerprint density at radius 3 is 2.42 bits per heavy atom. The molecule has 1 N–H and O–H groups in total. The minimum absolute atomic E-state index is 0.0618. The molecule has 3 atom stereocenters. The van der Waals surface area contributed by atoms with E-state index in [-0.39, 0.29) is 29.7 Å². The van der Waals surface area contributed by atoms with Gasteiger partial charge in [-0.15, -0.1) is 0 Å². The zero-order valence-electron chi connectivity index (χ0n) is 35.7. The molecule has 5 aromatic heterocycles. The molecule has 0 radical (unpaired) electrons. The lowest BCUT2D eigenvalue weighted by Gasteiger charge is -2.35. The molecule has 1 amide bonds. The van der Waals surface area contributed by atoms with Gasteiger partial charge >= 0.3 is 11.4 Å². The van der Waals surface area contributed by atoms with Crippen LogP contribution in [0, 0.1) is 19.8 Å². The van der Waals surface area contributed by atoms with E-state index in [1.807, 2.05) is 54.7 Å². The molecular weight excluding hydrogens is 785 g/mol. The number of fused-ring (bicyclic) bond motifs is 3. The maximum absolute atomic E-state index is 15.3. The number of carbonyl (C=O) groups excluding carboxylic acids is 1. The highest BCUT2D eigenvalue weighted by Crippen LogP contribution is 2.56. The number of hydrogen-bond acceptors (Lipinski definition) is 8. The van der Waals surface area contributed by atoms with E-state index in [9.17, 15) is 9.59 Å². The van der Waals surface area contributed by atoms with Crippen molar-refractivity contribution in [1.82, 2.24) is 48.3 Å². The van der Waals surface area contributed by atoms with Gasteiger partial charge in [-0.1, -0.05) is 24.2 Å². The third-order valence-electron chi connectivity index (χ3n) is 13.5. The van der Waals surface area contributed by atoms with Gasteiger partial charge in [0, 0.05) is 60.9 Å². The van der Waals surface area contributed by atoms with E-state index in [1.165, 1.54) is 5.56 Å². The maximum Gasteiger partial charge on any atom is 0.438 e. The summed E-state index contributed by atoms with van der Waals surface area (Å²) in [5, 5.41) is 15.6. The van der Waals surface area contributed by atoms with Gasteiger partial charge in [0.05, 0.1) is 40.9 Å². The lowest BCUT2D eigenvalue weighted by Crippen LogP contribution is -2.39. The normalized spacial score (nSPS) is 20.9.